The lowest BCUT2D eigenvalue weighted by molar-refractivity contribution is -0.122. The summed E-state index contributed by atoms with van der Waals surface area (Å²) in [6.07, 6.45) is -0.906. The van der Waals surface area contributed by atoms with E-state index in [9.17, 15) is 13.6 Å². The van der Waals surface area contributed by atoms with Gasteiger partial charge in [0.05, 0.1) is 6.61 Å². The number of nitrogens with one attached hydrogen (secondary N) is 1. The number of benzene rings is 2. The van der Waals surface area contributed by atoms with Crippen molar-refractivity contribution in [3.05, 3.63) is 59.2 Å². The molecule has 2 N–H and O–H groups in total. The van der Waals surface area contributed by atoms with Gasteiger partial charge in [-0.05, 0) is 43.2 Å². The van der Waals surface area contributed by atoms with E-state index in [0.717, 1.165) is 17.7 Å². The van der Waals surface area contributed by atoms with Crippen LogP contribution in [0.1, 0.15) is 18.1 Å². The zero-order valence-electron chi connectivity index (χ0n) is 12.8. The molecular formula is C17H17F2NO3. The summed E-state index contributed by atoms with van der Waals surface area (Å²) >= 11 is 0. The summed E-state index contributed by atoms with van der Waals surface area (Å²) in [5.74, 6) is -2.40. The molecule has 0 aliphatic carbocycles. The van der Waals surface area contributed by atoms with Gasteiger partial charge in [-0.2, -0.15) is 0 Å². The van der Waals surface area contributed by atoms with Crippen LogP contribution in [0.25, 0.3) is 0 Å². The second-order valence-corrected chi connectivity index (χ2v) is 5.13. The first-order valence-corrected chi connectivity index (χ1v) is 7.03. The zero-order valence-corrected chi connectivity index (χ0v) is 12.8. The van der Waals surface area contributed by atoms with Crippen molar-refractivity contribution in [3.63, 3.8) is 0 Å². The molecule has 122 valence electrons. The van der Waals surface area contributed by atoms with Gasteiger partial charge in [-0.3, -0.25) is 4.79 Å². The molecule has 0 aromatic heterocycles. The molecule has 0 aliphatic heterocycles. The van der Waals surface area contributed by atoms with Gasteiger partial charge < -0.3 is 15.2 Å². The summed E-state index contributed by atoms with van der Waals surface area (Å²) in [6.45, 7) is 3.18. The quantitative estimate of drug-likeness (QED) is 0.889. The number of aliphatic hydroxyl groups excluding tert-OH is 1. The number of hydrogen-bond acceptors (Lipinski definition) is 3. The maximum absolute atomic E-state index is 13.1. The minimum absolute atomic E-state index is 0.0624. The third-order valence-electron chi connectivity index (χ3n) is 3.32. The second kappa shape index (κ2) is 7.19. The van der Waals surface area contributed by atoms with E-state index >= 15 is 0 Å². The van der Waals surface area contributed by atoms with Crippen LogP contribution >= 0.6 is 0 Å². The molecule has 2 aromatic carbocycles. The Balaban J connectivity index is 2.06. The van der Waals surface area contributed by atoms with Crippen LogP contribution in [0.2, 0.25) is 0 Å². The number of amides is 1. The molecule has 1 atom stereocenters. The van der Waals surface area contributed by atoms with Crippen LogP contribution < -0.4 is 10.1 Å². The fourth-order valence-corrected chi connectivity index (χ4v) is 1.94. The number of anilines is 1. The van der Waals surface area contributed by atoms with Gasteiger partial charge in [0.1, 0.15) is 5.75 Å². The van der Waals surface area contributed by atoms with Crippen molar-refractivity contribution >= 4 is 11.6 Å². The fraction of sp³-hybridized carbons (Fsp3) is 0.235. The molecule has 0 bridgehead atoms. The first kappa shape index (κ1) is 16.9. The van der Waals surface area contributed by atoms with Crippen molar-refractivity contribution in [2.24, 2.45) is 0 Å². The molecule has 0 radical (unpaired) electrons. The lowest BCUT2D eigenvalue weighted by Crippen LogP contribution is -2.30. The Morgan fingerprint density at radius 2 is 1.96 bits per heavy atom. The fourth-order valence-electron chi connectivity index (χ4n) is 1.94. The van der Waals surface area contributed by atoms with Gasteiger partial charge in [-0.1, -0.05) is 12.1 Å². The third-order valence-corrected chi connectivity index (χ3v) is 3.32. The Morgan fingerprint density at radius 1 is 1.22 bits per heavy atom. The minimum atomic E-state index is -1.04. The van der Waals surface area contributed by atoms with E-state index in [1.54, 1.807) is 18.2 Å². The molecular weight excluding hydrogens is 304 g/mol. The Hall–Kier alpha value is -2.47. The average Bonchev–Trinajstić information content (AvgIpc) is 2.53. The first-order valence-electron chi connectivity index (χ1n) is 7.03. The smallest absolute Gasteiger partial charge is 0.265 e. The van der Waals surface area contributed by atoms with E-state index in [4.69, 9.17) is 9.84 Å². The van der Waals surface area contributed by atoms with Crippen molar-refractivity contribution < 1.29 is 23.4 Å². The molecule has 0 heterocycles. The number of carbonyl (C=O) groups excluding carboxylic acids is 1. The van der Waals surface area contributed by atoms with Gasteiger partial charge in [-0.15, -0.1) is 0 Å². The van der Waals surface area contributed by atoms with Crippen LogP contribution in [0.4, 0.5) is 14.5 Å². The summed E-state index contributed by atoms with van der Waals surface area (Å²) in [7, 11) is 0. The molecule has 4 nitrogen and oxygen atoms in total. The van der Waals surface area contributed by atoms with Crippen molar-refractivity contribution in [3.8, 4) is 5.75 Å². The highest BCUT2D eigenvalue weighted by atomic mass is 19.2. The largest absolute Gasteiger partial charge is 0.481 e. The molecule has 0 saturated heterocycles. The van der Waals surface area contributed by atoms with Crippen LogP contribution in [0, 0.1) is 18.6 Å². The molecule has 1 amide bonds. The van der Waals surface area contributed by atoms with Gasteiger partial charge in [0.25, 0.3) is 5.91 Å². The van der Waals surface area contributed by atoms with Gasteiger partial charge >= 0.3 is 0 Å². The second-order valence-electron chi connectivity index (χ2n) is 5.13. The number of hydrogen-bond donors (Lipinski definition) is 2. The Kier molecular flexibility index (Phi) is 5.28. The Bertz CT molecular complexity index is 719. The number of aliphatic hydroxyl groups is 1. The van der Waals surface area contributed by atoms with Crippen molar-refractivity contribution in [2.75, 3.05) is 5.32 Å². The van der Waals surface area contributed by atoms with Crippen molar-refractivity contribution in [1.82, 2.24) is 0 Å². The van der Waals surface area contributed by atoms with Crippen LogP contribution in [0.3, 0.4) is 0 Å². The topological polar surface area (TPSA) is 58.6 Å². The molecule has 1 unspecified atom stereocenters. The highest BCUT2D eigenvalue weighted by molar-refractivity contribution is 5.94. The van der Waals surface area contributed by atoms with Crippen LogP contribution in [-0.2, 0) is 11.4 Å². The van der Waals surface area contributed by atoms with Gasteiger partial charge in [-0.25, -0.2) is 8.78 Å². The monoisotopic (exact) mass is 321 g/mol. The van der Waals surface area contributed by atoms with Gasteiger partial charge in [0.2, 0.25) is 0 Å². The maximum Gasteiger partial charge on any atom is 0.265 e. The van der Waals surface area contributed by atoms with Crippen LogP contribution in [-0.4, -0.2) is 17.1 Å². The first-order chi connectivity index (χ1) is 10.9. The van der Waals surface area contributed by atoms with E-state index in [1.165, 1.54) is 13.0 Å². The average molecular weight is 321 g/mol. The van der Waals surface area contributed by atoms with E-state index in [1.807, 2.05) is 6.92 Å². The maximum atomic E-state index is 13.1. The molecule has 0 aliphatic rings. The van der Waals surface area contributed by atoms with E-state index in [2.05, 4.69) is 5.32 Å². The number of carbonyl (C=O) groups is 1. The molecule has 2 rings (SSSR count). The summed E-state index contributed by atoms with van der Waals surface area (Å²) in [4.78, 5) is 12.2. The molecule has 0 fully saturated rings. The molecule has 2 aromatic rings. The highest BCUT2D eigenvalue weighted by Gasteiger charge is 2.16. The number of aryl methyl sites for hydroxylation is 1. The summed E-state index contributed by atoms with van der Waals surface area (Å²) in [5, 5.41) is 11.8. The number of rotatable bonds is 5. The van der Waals surface area contributed by atoms with Crippen LogP contribution in [0.5, 0.6) is 5.75 Å². The minimum Gasteiger partial charge on any atom is -0.481 e. The highest BCUT2D eigenvalue weighted by Crippen LogP contribution is 2.19. The molecule has 0 saturated carbocycles. The normalized spacial score (nSPS) is 11.9. The number of ether oxygens (including phenoxy) is 1. The SMILES string of the molecule is Cc1ccc(CO)cc1NC(=O)C(C)Oc1ccc(F)c(F)c1. The Morgan fingerprint density at radius 3 is 2.61 bits per heavy atom. The predicted octanol–water partition coefficient (Wildman–Crippen LogP) is 3.17. The molecule has 23 heavy (non-hydrogen) atoms. The predicted molar refractivity (Wildman–Crippen MR) is 82.2 cm³/mol. The van der Waals surface area contributed by atoms with Crippen molar-refractivity contribution in [1.29, 1.82) is 0 Å². The number of halogens is 2. The van der Waals surface area contributed by atoms with Crippen molar-refractivity contribution in [2.45, 2.75) is 26.6 Å². The summed E-state index contributed by atoms with van der Waals surface area (Å²) < 4.78 is 31.3. The van der Waals surface area contributed by atoms with Gasteiger partial charge in [0, 0.05) is 11.8 Å². The molecule has 6 heteroatoms. The van der Waals surface area contributed by atoms with E-state index in [-0.39, 0.29) is 12.4 Å². The lowest BCUT2D eigenvalue weighted by Gasteiger charge is -2.16. The summed E-state index contributed by atoms with van der Waals surface area (Å²) in [5.41, 5.74) is 2.05. The lowest BCUT2D eigenvalue weighted by atomic mass is 10.1. The Labute approximate surface area is 132 Å². The van der Waals surface area contributed by atoms with E-state index < -0.39 is 23.6 Å². The molecule has 0 spiro atoms. The standard InChI is InChI=1S/C17H17F2NO3/c1-10-3-4-12(9-21)7-16(10)20-17(22)11(2)23-13-5-6-14(18)15(19)8-13/h3-8,11,21H,9H2,1-2H3,(H,20,22). The van der Waals surface area contributed by atoms with Gasteiger partial charge in [0.15, 0.2) is 17.7 Å². The van der Waals surface area contributed by atoms with Crippen LogP contribution in [0.15, 0.2) is 36.4 Å². The third kappa shape index (κ3) is 4.26. The zero-order chi connectivity index (χ0) is 17.0. The van der Waals surface area contributed by atoms with E-state index in [0.29, 0.717) is 11.3 Å². The summed E-state index contributed by atoms with van der Waals surface area (Å²) in [6, 6.07) is 8.27.